The molecule has 1 atom stereocenters. The van der Waals surface area contributed by atoms with Gasteiger partial charge in [0.1, 0.15) is 18.1 Å². The summed E-state index contributed by atoms with van der Waals surface area (Å²) < 4.78 is 6.35. The molecule has 1 aliphatic heterocycles. The van der Waals surface area contributed by atoms with Crippen LogP contribution in [0.5, 0.6) is 0 Å². The van der Waals surface area contributed by atoms with E-state index in [0.29, 0.717) is 30.2 Å². The van der Waals surface area contributed by atoms with E-state index in [0.717, 1.165) is 6.42 Å². The lowest BCUT2D eigenvalue weighted by molar-refractivity contribution is -0.143. The molecular weight excluding hydrogens is 272 g/mol. The van der Waals surface area contributed by atoms with Crippen molar-refractivity contribution < 1.29 is 9.53 Å². The Morgan fingerprint density at radius 1 is 1.43 bits per heavy atom. The largest absolute Gasteiger partial charge is 0.468 e. The molecule has 0 amide bonds. The summed E-state index contributed by atoms with van der Waals surface area (Å²) in [4.78, 5) is 36.5. The first kappa shape index (κ1) is 13.4. The maximum absolute atomic E-state index is 12.2. The molecule has 0 saturated heterocycles. The Bertz CT molecular complexity index is 727. The van der Waals surface area contributed by atoms with Gasteiger partial charge in [-0.2, -0.15) is 0 Å². The molecule has 3 rings (SSSR count). The summed E-state index contributed by atoms with van der Waals surface area (Å²) >= 11 is 0. The fourth-order valence-corrected chi connectivity index (χ4v) is 2.54. The Labute approximate surface area is 120 Å². The van der Waals surface area contributed by atoms with Gasteiger partial charge in [-0.05, 0) is 18.9 Å². The van der Waals surface area contributed by atoms with Gasteiger partial charge in [-0.3, -0.25) is 14.2 Å². The number of ether oxygens (including phenoxy) is 1. The minimum absolute atomic E-state index is 0.179. The first-order valence-corrected chi connectivity index (χ1v) is 6.66. The van der Waals surface area contributed by atoms with Crippen LogP contribution in [0, 0.1) is 0 Å². The summed E-state index contributed by atoms with van der Waals surface area (Å²) in [6.45, 7) is 0.568. The van der Waals surface area contributed by atoms with Crippen LogP contribution in [0.3, 0.4) is 0 Å². The molecule has 0 radical (unpaired) electrons. The van der Waals surface area contributed by atoms with Gasteiger partial charge in [0, 0.05) is 18.8 Å². The van der Waals surface area contributed by atoms with Crippen LogP contribution in [0.25, 0.3) is 11.4 Å². The SMILES string of the molecule is COC(=O)C1CCCn2c1nc(-c1ccncn1)cc2=O. The molecule has 1 unspecified atom stereocenters. The third-order valence-corrected chi connectivity index (χ3v) is 3.55. The maximum Gasteiger partial charge on any atom is 0.316 e. The van der Waals surface area contributed by atoms with Crippen LogP contribution in [0.2, 0.25) is 0 Å². The molecule has 0 bridgehead atoms. The van der Waals surface area contributed by atoms with Crippen LogP contribution in [0.4, 0.5) is 0 Å². The second-order valence-corrected chi connectivity index (χ2v) is 4.80. The van der Waals surface area contributed by atoms with E-state index in [-0.39, 0.29) is 11.5 Å². The number of fused-ring (bicyclic) bond motifs is 1. The van der Waals surface area contributed by atoms with Crippen molar-refractivity contribution in [2.75, 3.05) is 7.11 Å². The summed E-state index contributed by atoms with van der Waals surface area (Å²) in [6, 6.07) is 3.11. The highest BCUT2D eigenvalue weighted by Gasteiger charge is 2.30. The summed E-state index contributed by atoms with van der Waals surface area (Å²) in [5.41, 5.74) is 0.825. The number of rotatable bonds is 2. The molecule has 3 heterocycles. The van der Waals surface area contributed by atoms with Crippen molar-refractivity contribution in [3.63, 3.8) is 0 Å². The van der Waals surface area contributed by atoms with Gasteiger partial charge in [0.05, 0.1) is 18.5 Å². The fourth-order valence-electron chi connectivity index (χ4n) is 2.54. The van der Waals surface area contributed by atoms with Gasteiger partial charge in [0.25, 0.3) is 5.56 Å². The molecule has 0 aliphatic carbocycles. The zero-order valence-corrected chi connectivity index (χ0v) is 11.5. The Kier molecular flexibility index (Phi) is 3.47. The van der Waals surface area contributed by atoms with Crippen LogP contribution in [0.15, 0.2) is 29.5 Å². The summed E-state index contributed by atoms with van der Waals surface area (Å²) in [5.74, 6) is -0.414. The zero-order valence-electron chi connectivity index (χ0n) is 11.5. The molecular formula is C14H14N4O3. The van der Waals surface area contributed by atoms with Crippen molar-refractivity contribution in [3.05, 3.63) is 40.8 Å². The lowest BCUT2D eigenvalue weighted by atomic mass is 9.98. The normalized spacial score (nSPS) is 17.1. The predicted molar refractivity (Wildman–Crippen MR) is 73.5 cm³/mol. The minimum Gasteiger partial charge on any atom is -0.468 e. The molecule has 108 valence electrons. The van der Waals surface area contributed by atoms with Gasteiger partial charge in [0.15, 0.2) is 0 Å². The molecule has 0 N–H and O–H groups in total. The average molecular weight is 286 g/mol. The number of hydrogen-bond acceptors (Lipinski definition) is 6. The number of nitrogens with zero attached hydrogens (tertiary/aromatic N) is 4. The van der Waals surface area contributed by atoms with Crippen LogP contribution < -0.4 is 5.56 Å². The highest BCUT2D eigenvalue weighted by Crippen LogP contribution is 2.26. The van der Waals surface area contributed by atoms with Crippen molar-refractivity contribution in [2.45, 2.75) is 25.3 Å². The second-order valence-electron chi connectivity index (χ2n) is 4.80. The van der Waals surface area contributed by atoms with Crippen LogP contribution in [-0.4, -0.2) is 32.6 Å². The molecule has 0 fully saturated rings. The van der Waals surface area contributed by atoms with E-state index in [4.69, 9.17) is 4.74 Å². The number of hydrogen-bond donors (Lipinski definition) is 0. The quantitative estimate of drug-likeness (QED) is 0.757. The van der Waals surface area contributed by atoms with Crippen molar-refractivity contribution >= 4 is 5.97 Å². The highest BCUT2D eigenvalue weighted by molar-refractivity contribution is 5.77. The third kappa shape index (κ3) is 2.42. The van der Waals surface area contributed by atoms with Gasteiger partial charge in [0.2, 0.25) is 0 Å². The topological polar surface area (TPSA) is 87.0 Å². The molecule has 21 heavy (non-hydrogen) atoms. The van der Waals surface area contributed by atoms with E-state index >= 15 is 0 Å². The molecule has 2 aromatic rings. The number of carbonyl (C=O) groups is 1. The predicted octanol–water partition coefficient (Wildman–Crippen LogP) is 0.751. The molecule has 0 aromatic carbocycles. The van der Waals surface area contributed by atoms with E-state index in [9.17, 15) is 9.59 Å². The Morgan fingerprint density at radius 3 is 3.00 bits per heavy atom. The Morgan fingerprint density at radius 2 is 2.29 bits per heavy atom. The van der Waals surface area contributed by atoms with E-state index in [1.165, 1.54) is 24.1 Å². The summed E-state index contributed by atoms with van der Waals surface area (Å²) in [6.07, 6.45) is 4.36. The molecule has 0 saturated carbocycles. The van der Waals surface area contributed by atoms with Crippen molar-refractivity contribution in [2.24, 2.45) is 0 Å². The molecule has 7 heteroatoms. The van der Waals surface area contributed by atoms with Crippen LogP contribution >= 0.6 is 0 Å². The molecule has 0 spiro atoms. The van der Waals surface area contributed by atoms with Crippen molar-refractivity contribution in [1.82, 2.24) is 19.5 Å². The van der Waals surface area contributed by atoms with Crippen molar-refractivity contribution in [3.8, 4) is 11.4 Å². The van der Waals surface area contributed by atoms with Gasteiger partial charge >= 0.3 is 5.97 Å². The highest BCUT2D eigenvalue weighted by atomic mass is 16.5. The Hall–Kier alpha value is -2.57. The van der Waals surface area contributed by atoms with Gasteiger partial charge in [-0.15, -0.1) is 0 Å². The summed E-state index contributed by atoms with van der Waals surface area (Å²) in [5, 5.41) is 0. The maximum atomic E-state index is 12.2. The number of esters is 1. The first-order valence-electron chi connectivity index (χ1n) is 6.66. The minimum atomic E-state index is -0.502. The van der Waals surface area contributed by atoms with Crippen LogP contribution in [0.1, 0.15) is 24.6 Å². The van der Waals surface area contributed by atoms with E-state index in [2.05, 4.69) is 15.0 Å². The summed E-state index contributed by atoms with van der Waals surface area (Å²) in [7, 11) is 1.34. The lowest BCUT2D eigenvalue weighted by Gasteiger charge is -2.24. The monoisotopic (exact) mass is 286 g/mol. The number of aromatic nitrogens is 4. The first-order chi connectivity index (χ1) is 10.2. The average Bonchev–Trinajstić information content (AvgIpc) is 2.54. The van der Waals surface area contributed by atoms with Gasteiger partial charge < -0.3 is 4.74 Å². The smallest absolute Gasteiger partial charge is 0.316 e. The zero-order chi connectivity index (χ0) is 14.8. The number of methoxy groups -OCH3 is 1. The number of carbonyl (C=O) groups excluding carboxylic acids is 1. The Balaban J connectivity index is 2.14. The van der Waals surface area contributed by atoms with Gasteiger partial charge in [-0.25, -0.2) is 15.0 Å². The standard InChI is InChI=1S/C14H14N4O3/c1-21-14(20)9-3-2-6-18-12(19)7-11(17-13(9)18)10-4-5-15-8-16-10/h4-5,7-9H,2-3,6H2,1H3. The van der Waals surface area contributed by atoms with E-state index < -0.39 is 5.92 Å². The van der Waals surface area contributed by atoms with Crippen LogP contribution in [-0.2, 0) is 16.1 Å². The molecule has 1 aliphatic rings. The van der Waals surface area contributed by atoms with Gasteiger partial charge in [-0.1, -0.05) is 0 Å². The lowest BCUT2D eigenvalue weighted by Crippen LogP contribution is -2.33. The third-order valence-electron chi connectivity index (χ3n) is 3.55. The van der Waals surface area contributed by atoms with E-state index in [1.54, 1.807) is 12.3 Å². The van der Waals surface area contributed by atoms with E-state index in [1.807, 2.05) is 0 Å². The molecule has 7 nitrogen and oxygen atoms in total. The second kappa shape index (κ2) is 5.43. The fraction of sp³-hybridized carbons (Fsp3) is 0.357. The van der Waals surface area contributed by atoms with Crippen molar-refractivity contribution in [1.29, 1.82) is 0 Å². The molecule has 2 aromatic heterocycles.